The largest absolute Gasteiger partial charge is 0.366 e. The van der Waals surface area contributed by atoms with Crippen molar-refractivity contribution in [2.24, 2.45) is 0 Å². The molecule has 0 saturated heterocycles. The molecule has 4 heteroatoms. The lowest BCUT2D eigenvalue weighted by atomic mass is 10.1. The summed E-state index contributed by atoms with van der Waals surface area (Å²) in [6, 6.07) is 22.3. The summed E-state index contributed by atoms with van der Waals surface area (Å²) in [4.78, 5) is 9.12. The van der Waals surface area contributed by atoms with Gasteiger partial charge in [-0.3, -0.25) is 0 Å². The Morgan fingerprint density at radius 2 is 1.58 bits per heavy atom. The Kier molecular flexibility index (Phi) is 5.20. The second-order valence-electron chi connectivity index (χ2n) is 5.34. The third-order valence-electron chi connectivity index (χ3n) is 3.52. The lowest BCUT2D eigenvalue weighted by molar-refractivity contribution is 1.07. The fraction of sp³-hybridized carbons (Fsp3) is 0.100. The van der Waals surface area contributed by atoms with Crippen molar-refractivity contribution in [2.75, 3.05) is 17.2 Å². The highest BCUT2D eigenvalue weighted by atomic mass is 15.1. The van der Waals surface area contributed by atoms with E-state index in [9.17, 15) is 0 Å². The SMILES string of the molecule is C=CCNc1nc(NCc2ccccc2)cc(-c2ccccc2)n1. The standard InChI is InChI=1S/C20H20N4/c1-2-13-21-20-23-18(17-11-7-4-8-12-17)14-19(24-20)22-15-16-9-5-3-6-10-16/h2-12,14H,1,13,15H2,(H2,21,22,23,24). The topological polar surface area (TPSA) is 49.8 Å². The molecule has 4 nitrogen and oxygen atoms in total. The number of rotatable bonds is 7. The zero-order valence-electron chi connectivity index (χ0n) is 13.4. The molecule has 2 aromatic carbocycles. The van der Waals surface area contributed by atoms with Gasteiger partial charge >= 0.3 is 0 Å². The molecule has 0 radical (unpaired) electrons. The van der Waals surface area contributed by atoms with Gasteiger partial charge in [0.25, 0.3) is 0 Å². The minimum atomic E-state index is 0.590. The van der Waals surface area contributed by atoms with E-state index in [0.717, 1.165) is 17.1 Å². The highest BCUT2D eigenvalue weighted by molar-refractivity contribution is 5.64. The first-order valence-electron chi connectivity index (χ1n) is 7.92. The summed E-state index contributed by atoms with van der Waals surface area (Å²) in [5.41, 5.74) is 3.15. The predicted molar refractivity (Wildman–Crippen MR) is 99.9 cm³/mol. The maximum atomic E-state index is 4.59. The van der Waals surface area contributed by atoms with E-state index in [2.05, 4.69) is 39.3 Å². The summed E-state index contributed by atoms with van der Waals surface area (Å²) in [5.74, 6) is 1.38. The van der Waals surface area contributed by atoms with Gasteiger partial charge < -0.3 is 10.6 Å². The summed E-state index contributed by atoms with van der Waals surface area (Å²) in [6.45, 7) is 5.06. The Labute approximate surface area is 142 Å². The number of aromatic nitrogens is 2. The Bertz CT molecular complexity index is 785. The number of nitrogens with one attached hydrogen (secondary N) is 2. The molecule has 1 heterocycles. The van der Waals surface area contributed by atoms with Gasteiger partial charge in [0.2, 0.25) is 5.95 Å². The highest BCUT2D eigenvalue weighted by Gasteiger charge is 2.06. The van der Waals surface area contributed by atoms with Crippen molar-refractivity contribution in [1.82, 2.24) is 9.97 Å². The quantitative estimate of drug-likeness (QED) is 0.636. The van der Waals surface area contributed by atoms with E-state index in [1.165, 1.54) is 5.56 Å². The van der Waals surface area contributed by atoms with Gasteiger partial charge in [-0.2, -0.15) is 4.98 Å². The minimum absolute atomic E-state index is 0.590. The molecular weight excluding hydrogens is 296 g/mol. The van der Waals surface area contributed by atoms with E-state index >= 15 is 0 Å². The third-order valence-corrected chi connectivity index (χ3v) is 3.52. The Hall–Kier alpha value is -3.14. The second-order valence-corrected chi connectivity index (χ2v) is 5.34. The smallest absolute Gasteiger partial charge is 0.225 e. The molecule has 1 aromatic heterocycles. The second kappa shape index (κ2) is 7.92. The van der Waals surface area contributed by atoms with Crippen LogP contribution in [0, 0.1) is 0 Å². The van der Waals surface area contributed by atoms with Gasteiger partial charge in [-0.25, -0.2) is 4.98 Å². The van der Waals surface area contributed by atoms with Crippen LogP contribution in [0.25, 0.3) is 11.3 Å². The molecule has 0 unspecified atom stereocenters. The molecule has 0 atom stereocenters. The van der Waals surface area contributed by atoms with Gasteiger partial charge in [0.05, 0.1) is 5.69 Å². The fourth-order valence-corrected chi connectivity index (χ4v) is 2.33. The fourth-order valence-electron chi connectivity index (χ4n) is 2.33. The lowest BCUT2D eigenvalue weighted by Crippen LogP contribution is -2.07. The first kappa shape index (κ1) is 15.7. The maximum absolute atomic E-state index is 4.59. The normalized spacial score (nSPS) is 10.2. The van der Waals surface area contributed by atoms with Gasteiger partial charge in [0, 0.05) is 24.7 Å². The summed E-state index contributed by atoms with van der Waals surface area (Å²) in [7, 11) is 0. The number of nitrogens with zero attached hydrogens (tertiary/aromatic N) is 2. The van der Waals surface area contributed by atoms with Crippen molar-refractivity contribution in [1.29, 1.82) is 0 Å². The molecule has 0 fully saturated rings. The Morgan fingerprint density at radius 1 is 0.875 bits per heavy atom. The molecule has 0 aliphatic carbocycles. The average Bonchev–Trinajstić information content (AvgIpc) is 2.66. The molecule has 0 amide bonds. The van der Waals surface area contributed by atoms with Gasteiger partial charge in [0.1, 0.15) is 5.82 Å². The van der Waals surface area contributed by atoms with E-state index in [-0.39, 0.29) is 0 Å². The van der Waals surface area contributed by atoms with Gasteiger partial charge in [0.15, 0.2) is 0 Å². The van der Waals surface area contributed by atoms with Crippen LogP contribution in [0.5, 0.6) is 0 Å². The van der Waals surface area contributed by atoms with Crippen molar-refractivity contribution in [2.45, 2.75) is 6.54 Å². The lowest BCUT2D eigenvalue weighted by Gasteiger charge is -2.11. The van der Waals surface area contributed by atoms with E-state index in [1.807, 2.05) is 54.6 Å². The molecule has 0 aliphatic heterocycles. The number of hydrogen-bond donors (Lipinski definition) is 2. The van der Waals surface area contributed by atoms with Crippen LogP contribution < -0.4 is 10.6 Å². The van der Waals surface area contributed by atoms with Gasteiger partial charge in [-0.15, -0.1) is 6.58 Å². The average molecular weight is 316 g/mol. The van der Waals surface area contributed by atoms with Crippen LogP contribution in [0.15, 0.2) is 79.4 Å². The molecule has 2 N–H and O–H groups in total. The first-order chi connectivity index (χ1) is 11.8. The molecule has 0 saturated carbocycles. The molecule has 120 valence electrons. The van der Waals surface area contributed by atoms with Crippen molar-refractivity contribution in [3.8, 4) is 11.3 Å². The molecular formula is C20H20N4. The number of anilines is 2. The third kappa shape index (κ3) is 4.20. The first-order valence-corrected chi connectivity index (χ1v) is 7.92. The van der Waals surface area contributed by atoms with Crippen LogP contribution in [0.3, 0.4) is 0 Å². The molecule has 3 rings (SSSR count). The van der Waals surface area contributed by atoms with Crippen molar-refractivity contribution in [3.63, 3.8) is 0 Å². The molecule has 0 spiro atoms. The van der Waals surface area contributed by atoms with Gasteiger partial charge in [-0.05, 0) is 5.56 Å². The summed E-state index contributed by atoms with van der Waals surface area (Å²) in [6.07, 6.45) is 1.79. The van der Waals surface area contributed by atoms with Crippen LogP contribution in [0.1, 0.15) is 5.56 Å². The van der Waals surface area contributed by atoms with Crippen LogP contribution in [-0.2, 0) is 6.54 Å². The van der Waals surface area contributed by atoms with E-state index in [0.29, 0.717) is 19.0 Å². The summed E-state index contributed by atoms with van der Waals surface area (Å²) >= 11 is 0. The summed E-state index contributed by atoms with van der Waals surface area (Å²) in [5, 5.41) is 6.53. The van der Waals surface area contributed by atoms with Crippen molar-refractivity contribution >= 4 is 11.8 Å². The maximum Gasteiger partial charge on any atom is 0.225 e. The van der Waals surface area contributed by atoms with Crippen molar-refractivity contribution in [3.05, 3.63) is 84.9 Å². The molecule has 24 heavy (non-hydrogen) atoms. The molecule has 0 bridgehead atoms. The number of hydrogen-bond acceptors (Lipinski definition) is 4. The Balaban J connectivity index is 1.85. The highest BCUT2D eigenvalue weighted by Crippen LogP contribution is 2.21. The predicted octanol–water partition coefficient (Wildman–Crippen LogP) is 4.35. The van der Waals surface area contributed by atoms with Crippen LogP contribution >= 0.6 is 0 Å². The molecule has 3 aromatic rings. The van der Waals surface area contributed by atoms with Crippen LogP contribution in [0.2, 0.25) is 0 Å². The minimum Gasteiger partial charge on any atom is -0.366 e. The number of benzene rings is 2. The van der Waals surface area contributed by atoms with E-state index in [1.54, 1.807) is 6.08 Å². The van der Waals surface area contributed by atoms with Crippen LogP contribution in [0.4, 0.5) is 11.8 Å². The Morgan fingerprint density at radius 3 is 2.29 bits per heavy atom. The van der Waals surface area contributed by atoms with Crippen LogP contribution in [-0.4, -0.2) is 16.5 Å². The zero-order chi connectivity index (χ0) is 16.6. The van der Waals surface area contributed by atoms with E-state index in [4.69, 9.17) is 0 Å². The van der Waals surface area contributed by atoms with Crippen molar-refractivity contribution < 1.29 is 0 Å². The monoisotopic (exact) mass is 316 g/mol. The molecule has 0 aliphatic rings. The zero-order valence-corrected chi connectivity index (χ0v) is 13.4. The van der Waals surface area contributed by atoms with Gasteiger partial charge in [-0.1, -0.05) is 66.7 Å². The van der Waals surface area contributed by atoms with E-state index < -0.39 is 0 Å². The summed E-state index contributed by atoms with van der Waals surface area (Å²) < 4.78 is 0.